The first-order valence-electron chi connectivity index (χ1n) is 6.87. The second kappa shape index (κ2) is 6.35. The van der Waals surface area contributed by atoms with Gasteiger partial charge in [0.1, 0.15) is 18.3 Å². The van der Waals surface area contributed by atoms with Gasteiger partial charge in [0, 0.05) is 0 Å². The summed E-state index contributed by atoms with van der Waals surface area (Å²) in [5.41, 5.74) is 0. The van der Waals surface area contributed by atoms with E-state index in [0.29, 0.717) is 6.61 Å². The average Bonchev–Trinajstić information content (AvgIpc) is 3.10. The molecule has 3 atom stereocenters. The molecule has 1 heterocycles. The lowest BCUT2D eigenvalue weighted by molar-refractivity contribution is -0.00424. The van der Waals surface area contributed by atoms with E-state index in [-0.39, 0.29) is 23.4 Å². The van der Waals surface area contributed by atoms with Gasteiger partial charge >= 0.3 is 0 Å². The van der Waals surface area contributed by atoms with Gasteiger partial charge in [0.15, 0.2) is 8.32 Å². The Morgan fingerprint density at radius 1 is 1.37 bits per heavy atom. The molecule has 110 valence electrons. The SMILES string of the molecule is C=CCO[C@H](C=C)[C@@H](O[Si](C)(C)C(C)(C)C)[C@H]1CO1. The number of hydrogen-bond acceptors (Lipinski definition) is 3. The van der Waals surface area contributed by atoms with Crippen LogP contribution in [0.2, 0.25) is 18.1 Å². The molecule has 0 radical (unpaired) electrons. The Labute approximate surface area is 118 Å². The van der Waals surface area contributed by atoms with Gasteiger partial charge in [0.2, 0.25) is 0 Å². The molecule has 0 aromatic heterocycles. The van der Waals surface area contributed by atoms with Crippen LogP contribution in [0.25, 0.3) is 0 Å². The van der Waals surface area contributed by atoms with Gasteiger partial charge in [0.05, 0.1) is 13.2 Å². The summed E-state index contributed by atoms with van der Waals surface area (Å²) in [4.78, 5) is 0. The standard InChI is InChI=1S/C15H28O3Si/c1-8-10-16-12(9-2)14(13-11-17-13)18-19(6,7)15(3,4)5/h8-9,12-14H,1-2,10-11H2,3-7H3/t12-,13-,14-/m1/s1. The molecular weight excluding hydrogens is 256 g/mol. The number of hydrogen-bond donors (Lipinski definition) is 0. The molecule has 0 aromatic rings. The van der Waals surface area contributed by atoms with Crippen molar-refractivity contribution in [2.45, 2.75) is 57.2 Å². The minimum Gasteiger partial charge on any atom is -0.408 e. The van der Waals surface area contributed by atoms with Crippen molar-refractivity contribution in [1.82, 2.24) is 0 Å². The Morgan fingerprint density at radius 2 is 1.95 bits per heavy atom. The van der Waals surface area contributed by atoms with Crippen molar-refractivity contribution in [2.24, 2.45) is 0 Å². The predicted molar refractivity (Wildman–Crippen MR) is 81.9 cm³/mol. The lowest BCUT2D eigenvalue weighted by Gasteiger charge is -2.40. The predicted octanol–water partition coefficient (Wildman–Crippen LogP) is 3.53. The van der Waals surface area contributed by atoms with Crippen LogP contribution in [0.4, 0.5) is 0 Å². The Kier molecular flexibility index (Phi) is 5.56. The van der Waals surface area contributed by atoms with Crippen LogP contribution in [0, 0.1) is 0 Å². The van der Waals surface area contributed by atoms with Crippen molar-refractivity contribution in [3.8, 4) is 0 Å². The average molecular weight is 284 g/mol. The second-order valence-corrected chi connectivity index (χ2v) is 11.3. The highest BCUT2D eigenvalue weighted by Gasteiger charge is 2.46. The van der Waals surface area contributed by atoms with Crippen molar-refractivity contribution in [1.29, 1.82) is 0 Å². The fourth-order valence-corrected chi connectivity index (χ4v) is 2.91. The second-order valence-electron chi connectivity index (χ2n) is 6.54. The van der Waals surface area contributed by atoms with Gasteiger partial charge < -0.3 is 13.9 Å². The number of rotatable bonds is 8. The maximum atomic E-state index is 6.46. The number of epoxide rings is 1. The molecule has 1 saturated heterocycles. The highest BCUT2D eigenvalue weighted by Crippen LogP contribution is 2.39. The molecule has 0 aliphatic carbocycles. The first-order chi connectivity index (χ1) is 8.73. The topological polar surface area (TPSA) is 31.0 Å². The van der Waals surface area contributed by atoms with Crippen molar-refractivity contribution in [3.05, 3.63) is 25.3 Å². The molecule has 0 unspecified atom stereocenters. The van der Waals surface area contributed by atoms with E-state index in [2.05, 4.69) is 47.0 Å². The molecule has 1 fully saturated rings. The number of ether oxygens (including phenoxy) is 2. The van der Waals surface area contributed by atoms with E-state index in [1.807, 2.05) is 6.08 Å². The van der Waals surface area contributed by atoms with Crippen LogP contribution in [-0.4, -0.2) is 39.8 Å². The first-order valence-corrected chi connectivity index (χ1v) is 9.78. The van der Waals surface area contributed by atoms with Crippen LogP contribution in [0.5, 0.6) is 0 Å². The molecule has 0 spiro atoms. The Hall–Kier alpha value is -0.423. The van der Waals surface area contributed by atoms with Gasteiger partial charge in [-0.25, -0.2) is 0 Å². The largest absolute Gasteiger partial charge is 0.408 e. The Balaban J connectivity index is 2.77. The van der Waals surface area contributed by atoms with E-state index in [0.717, 1.165) is 6.61 Å². The first kappa shape index (κ1) is 16.6. The third-order valence-corrected chi connectivity index (χ3v) is 8.40. The van der Waals surface area contributed by atoms with Crippen molar-refractivity contribution in [3.63, 3.8) is 0 Å². The quantitative estimate of drug-likeness (QED) is 0.388. The molecule has 4 heteroatoms. The van der Waals surface area contributed by atoms with Crippen LogP contribution < -0.4 is 0 Å². The highest BCUT2D eigenvalue weighted by molar-refractivity contribution is 6.74. The summed E-state index contributed by atoms with van der Waals surface area (Å²) in [6.07, 6.45) is 3.50. The molecule has 0 N–H and O–H groups in total. The van der Waals surface area contributed by atoms with Gasteiger partial charge in [-0.05, 0) is 18.1 Å². The Bertz CT molecular complexity index is 316. The molecule has 0 saturated carbocycles. The Morgan fingerprint density at radius 3 is 2.32 bits per heavy atom. The van der Waals surface area contributed by atoms with E-state index < -0.39 is 8.32 Å². The molecule has 1 rings (SSSR count). The highest BCUT2D eigenvalue weighted by atomic mass is 28.4. The fraction of sp³-hybridized carbons (Fsp3) is 0.733. The van der Waals surface area contributed by atoms with E-state index in [9.17, 15) is 0 Å². The minimum atomic E-state index is -1.84. The van der Waals surface area contributed by atoms with E-state index >= 15 is 0 Å². The summed E-state index contributed by atoms with van der Waals surface area (Å²) in [6, 6.07) is 0. The molecule has 3 nitrogen and oxygen atoms in total. The summed E-state index contributed by atoms with van der Waals surface area (Å²) < 4.78 is 17.6. The fourth-order valence-electron chi connectivity index (χ4n) is 1.59. The van der Waals surface area contributed by atoms with Crippen molar-refractivity contribution >= 4 is 8.32 Å². The zero-order chi connectivity index (χ0) is 14.7. The van der Waals surface area contributed by atoms with Crippen LogP contribution >= 0.6 is 0 Å². The van der Waals surface area contributed by atoms with Crippen LogP contribution in [0.15, 0.2) is 25.3 Å². The summed E-state index contributed by atoms with van der Waals surface area (Å²) >= 11 is 0. The van der Waals surface area contributed by atoms with Gasteiger partial charge in [-0.3, -0.25) is 0 Å². The zero-order valence-electron chi connectivity index (χ0n) is 12.9. The third kappa shape index (κ3) is 4.56. The molecule has 0 amide bonds. The minimum absolute atomic E-state index is 0.0571. The molecular formula is C15H28O3Si. The summed E-state index contributed by atoms with van der Waals surface area (Å²) in [6.45, 7) is 20.0. The van der Waals surface area contributed by atoms with Crippen molar-refractivity contribution in [2.75, 3.05) is 13.2 Å². The zero-order valence-corrected chi connectivity index (χ0v) is 13.9. The van der Waals surface area contributed by atoms with E-state index in [4.69, 9.17) is 13.9 Å². The van der Waals surface area contributed by atoms with Gasteiger partial charge in [-0.1, -0.05) is 32.9 Å². The monoisotopic (exact) mass is 284 g/mol. The molecule has 0 aromatic carbocycles. The molecule has 1 aliphatic rings. The van der Waals surface area contributed by atoms with Gasteiger partial charge in [0.25, 0.3) is 0 Å². The summed E-state index contributed by atoms with van der Waals surface area (Å²) in [5.74, 6) is 0. The maximum Gasteiger partial charge on any atom is 0.192 e. The van der Waals surface area contributed by atoms with Crippen molar-refractivity contribution < 1.29 is 13.9 Å². The third-order valence-electron chi connectivity index (χ3n) is 3.93. The van der Waals surface area contributed by atoms with Crippen LogP contribution in [0.3, 0.4) is 0 Å². The summed E-state index contributed by atoms with van der Waals surface area (Å²) in [5, 5.41) is 0.171. The van der Waals surface area contributed by atoms with E-state index in [1.165, 1.54) is 0 Å². The maximum absolute atomic E-state index is 6.46. The molecule has 19 heavy (non-hydrogen) atoms. The lowest BCUT2D eigenvalue weighted by Crippen LogP contribution is -2.49. The molecule has 0 bridgehead atoms. The smallest absolute Gasteiger partial charge is 0.192 e. The molecule has 1 aliphatic heterocycles. The normalized spacial score (nSPS) is 22.7. The van der Waals surface area contributed by atoms with Gasteiger partial charge in [-0.15, -0.1) is 13.2 Å². The lowest BCUT2D eigenvalue weighted by atomic mass is 10.1. The van der Waals surface area contributed by atoms with Gasteiger partial charge in [-0.2, -0.15) is 0 Å². The van der Waals surface area contributed by atoms with Crippen LogP contribution in [0.1, 0.15) is 20.8 Å². The van der Waals surface area contributed by atoms with E-state index in [1.54, 1.807) is 6.08 Å². The van der Waals surface area contributed by atoms with Crippen LogP contribution in [-0.2, 0) is 13.9 Å². The summed E-state index contributed by atoms with van der Waals surface area (Å²) in [7, 11) is -1.84.